The van der Waals surface area contributed by atoms with Gasteiger partial charge in [0.1, 0.15) is 12.1 Å². The van der Waals surface area contributed by atoms with Gasteiger partial charge in [0.05, 0.1) is 21.7 Å². The van der Waals surface area contributed by atoms with Crippen LogP contribution in [0, 0.1) is 16.7 Å². The van der Waals surface area contributed by atoms with E-state index in [9.17, 15) is 29.2 Å². The number of nitriles is 1. The zero-order valence-electron chi connectivity index (χ0n) is 32.0. The van der Waals surface area contributed by atoms with Crippen molar-refractivity contribution in [2.45, 2.75) is 57.2 Å². The molecule has 2 unspecified atom stereocenters. The molecule has 13 nitrogen and oxygen atoms in total. The van der Waals surface area contributed by atoms with Crippen LogP contribution in [-0.4, -0.2) is 121 Å². The first-order valence-corrected chi connectivity index (χ1v) is 20.3. The van der Waals surface area contributed by atoms with E-state index in [0.29, 0.717) is 33.8 Å². The molecule has 3 aromatic rings. The monoisotopic (exact) mass is 788 g/mol. The molecule has 5 saturated heterocycles. The number of amides is 5. The highest BCUT2D eigenvalue weighted by Crippen LogP contribution is 2.45. The number of likely N-dealkylation sites (tertiary alicyclic amines) is 1. The lowest BCUT2D eigenvalue weighted by molar-refractivity contribution is -0.136. The smallest absolute Gasteiger partial charge is 0.262 e. The van der Waals surface area contributed by atoms with Gasteiger partial charge in [0.2, 0.25) is 11.8 Å². The highest BCUT2D eigenvalue weighted by molar-refractivity contribution is 6.32. The maximum absolute atomic E-state index is 13.6. The van der Waals surface area contributed by atoms with Crippen LogP contribution in [0.25, 0.3) is 0 Å². The van der Waals surface area contributed by atoms with E-state index in [0.717, 1.165) is 106 Å². The Labute approximate surface area is 336 Å². The Hall–Kier alpha value is -5.45. The van der Waals surface area contributed by atoms with Gasteiger partial charge in [0.15, 0.2) is 0 Å². The minimum Gasteiger partial charge on any atom is -0.369 e. The number of nitrogens with one attached hydrogen (secondary N) is 1. The Morgan fingerprint density at radius 1 is 0.825 bits per heavy atom. The third kappa shape index (κ3) is 6.68. The number of fused-ring (bicyclic) bond motifs is 1. The molecule has 9 rings (SSSR count). The van der Waals surface area contributed by atoms with Crippen molar-refractivity contribution < 1.29 is 24.0 Å². The quantitative estimate of drug-likeness (QED) is 0.363. The van der Waals surface area contributed by atoms with Crippen LogP contribution in [0.5, 0.6) is 0 Å². The third-order valence-corrected chi connectivity index (χ3v) is 13.6. The van der Waals surface area contributed by atoms with Gasteiger partial charge in [0.25, 0.3) is 17.7 Å². The lowest BCUT2D eigenvalue weighted by atomic mass is 9.76. The number of hydrogen-bond acceptors (Lipinski definition) is 10. The highest BCUT2D eigenvalue weighted by atomic mass is 35.5. The summed E-state index contributed by atoms with van der Waals surface area (Å²) in [6.07, 6.45) is 3.22. The first kappa shape index (κ1) is 37.1. The molecule has 2 atom stereocenters. The van der Waals surface area contributed by atoms with Gasteiger partial charge in [-0.05, 0) is 98.7 Å². The number of hydrogen-bond donors (Lipinski definition) is 1. The van der Waals surface area contributed by atoms with Crippen LogP contribution in [0.2, 0.25) is 5.02 Å². The van der Waals surface area contributed by atoms with Crippen molar-refractivity contribution in [1.29, 1.82) is 5.26 Å². The van der Waals surface area contributed by atoms with E-state index in [-0.39, 0.29) is 24.2 Å². The van der Waals surface area contributed by atoms with Gasteiger partial charge in [-0.15, -0.1) is 0 Å². The number of nitrogens with zero attached hydrogens (tertiary/aromatic N) is 7. The first-order valence-electron chi connectivity index (χ1n) is 20.0. The molecule has 6 aliphatic rings. The summed E-state index contributed by atoms with van der Waals surface area (Å²) in [5, 5.41) is 12.0. The molecule has 0 aromatic heterocycles. The Bertz CT molecular complexity index is 2200. The fourth-order valence-electron chi connectivity index (χ4n) is 9.88. The summed E-state index contributed by atoms with van der Waals surface area (Å²) < 4.78 is 0. The van der Waals surface area contributed by atoms with Gasteiger partial charge in [-0.2, -0.15) is 5.26 Å². The van der Waals surface area contributed by atoms with Crippen LogP contribution in [0.3, 0.4) is 0 Å². The molecule has 1 N–H and O–H groups in total. The van der Waals surface area contributed by atoms with E-state index in [1.807, 2.05) is 35.2 Å². The second-order valence-electron chi connectivity index (χ2n) is 16.6. The average molecular weight is 789 g/mol. The maximum Gasteiger partial charge on any atom is 0.262 e. The minimum absolute atomic E-state index is 0.0866. The summed E-state index contributed by atoms with van der Waals surface area (Å²) in [7, 11) is 0. The molecule has 57 heavy (non-hydrogen) atoms. The summed E-state index contributed by atoms with van der Waals surface area (Å²) in [5.41, 5.74) is 5.00. The van der Waals surface area contributed by atoms with Gasteiger partial charge < -0.3 is 19.6 Å². The van der Waals surface area contributed by atoms with Gasteiger partial charge in [-0.25, -0.2) is 0 Å². The maximum atomic E-state index is 13.6. The molecular weight excluding hydrogens is 744 g/mol. The Morgan fingerprint density at radius 2 is 1.51 bits per heavy atom. The summed E-state index contributed by atoms with van der Waals surface area (Å²) in [5.74, 6) is -1.90. The van der Waals surface area contributed by atoms with Crippen LogP contribution in [0.15, 0.2) is 60.7 Å². The largest absolute Gasteiger partial charge is 0.369 e. The van der Waals surface area contributed by atoms with Gasteiger partial charge >= 0.3 is 0 Å². The summed E-state index contributed by atoms with van der Waals surface area (Å²) >= 11 is 6.36. The second-order valence-corrected chi connectivity index (χ2v) is 17.0. The molecule has 1 spiro atoms. The molecule has 6 aliphatic heterocycles. The van der Waals surface area contributed by atoms with E-state index in [2.05, 4.69) is 50.0 Å². The molecule has 5 fully saturated rings. The molecular formula is C43H45ClN8O5. The van der Waals surface area contributed by atoms with Crippen LogP contribution < -0.4 is 20.0 Å². The number of halogens is 1. The van der Waals surface area contributed by atoms with Crippen molar-refractivity contribution in [2.75, 3.05) is 73.6 Å². The van der Waals surface area contributed by atoms with E-state index in [1.54, 1.807) is 18.2 Å². The summed E-state index contributed by atoms with van der Waals surface area (Å²) in [4.78, 5) is 76.5. The van der Waals surface area contributed by atoms with Gasteiger partial charge in [0, 0.05) is 100 Å². The molecule has 0 radical (unpaired) electrons. The lowest BCUT2D eigenvalue weighted by Crippen LogP contribution is -2.63. The number of imide groups is 2. The number of anilines is 3. The van der Waals surface area contributed by atoms with E-state index in [1.165, 1.54) is 0 Å². The molecule has 0 bridgehead atoms. The Kier molecular flexibility index (Phi) is 9.44. The van der Waals surface area contributed by atoms with E-state index in [4.69, 9.17) is 11.6 Å². The van der Waals surface area contributed by atoms with Crippen LogP contribution >= 0.6 is 11.6 Å². The predicted molar refractivity (Wildman–Crippen MR) is 215 cm³/mol. The molecule has 5 amide bonds. The SMILES string of the molecule is CC1CC2(CCN(C(=O)c3ccc(N4CCN(C5CN(c6ccc7c(c6)C(=O)N(C6CCC(=O)NC6=O)C7=O)C5)CC4)cc3)CC2)CN1c1ccc(C#N)c(Cl)c1. The molecule has 0 saturated carbocycles. The number of rotatable bonds is 6. The molecule has 3 aromatic carbocycles. The van der Waals surface area contributed by atoms with Crippen molar-refractivity contribution in [2.24, 2.45) is 5.41 Å². The van der Waals surface area contributed by atoms with Crippen LogP contribution in [0.4, 0.5) is 17.1 Å². The van der Waals surface area contributed by atoms with E-state index >= 15 is 0 Å². The molecule has 0 aliphatic carbocycles. The number of carbonyl (C=O) groups is 5. The Balaban J connectivity index is 0.741. The molecule has 14 heteroatoms. The van der Waals surface area contributed by atoms with Gasteiger partial charge in [-0.1, -0.05) is 11.6 Å². The third-order valence-electron chi connectivity index (χ3n) is 13.2. The normalized spacial score (nSPS) is 23.8. The predicted octanol–water partition coefficient (Wildman–Crippen LogP) is 4.14. The van der Waals surface area contributed by atoms with E-state index < -0.39 is 29.7 Å². The fourth-order valence-corrected chi connectivity index (χ4v) is 10.1. The minimum atomic E-state index is -0.975. The number of piperazine rings is 1. The lowest BCUT2D eigenvalue weighted by Gasteiger charge is -2.49. The van der Waals surface area contributed by atoms with Gasteiger partial charge in [-0.3, -0.25) is 39.1 Å². The number of benzene rings is 3. The standard InChI is InChI=1S/C43H45ClN8O5/c1-27-22-43(26-51(27)32-7-4-29(23-45)36(44)21-32)12-14-49(15-13-43)40(55)28-2-5-30(6-3-28)47-16-18-48(19-17-47)33-24-50(25-33)31-8-9-34-35(20-31)42(57)52(41(34)56)37-10-11-38(53)46-39(37)54/h2-9,20-21,27,33,37H,10-19,22,24-26H2,1H3,(H,46,53,54). The zero-order chi connectivity index (χ0) is 39.6. The highest BCUT2D eigenvalue weighted by Gasteiger charge is 2.46. The molecule has 294 valence electrons. The Morgan fingerprint density at radius 3 is 2.19 bits per heavy atom. The average Bonchev–Trinajstić information content (AvgIpc) is 3.65. The second kappa shape index (κ2) is 14.5. The zero-order valence-corrected chi connectivity index (χ0v) is 32.7. The molecule has 6 heterocycles. The first-order chi connectivity index (χ1) is 27.5. The topological polar surface area (TPSA) is 141 Å². The van der Waals surface area contributed by atoms with Crippen LogP contribution in [-0.2, 0) is 9.59 Å². The number of piperidine rings is 2. The van der Waals surface area contributed by atoms with Crippen molar-refractivity contribution >= 4 is 58.2 Å². The van der Waals surface area contributed by atoms with Crippen molar-refractivity contribution in [3.05, 3.63) is 87.9 Å². The van der Waals surface area contributed by atoms with Crippen molar-refractivity contribution in [3.8, 4) is 6.07 Å². The fraction of sp³-hybridized carbons (Fsp3) is 0.442. The summed E-state index contributed by atoms with van der Waals surface area (Å²) in [6.45, 7) is 9.88. The number of carbonyl (C=O) groups excluding carboxylic acids is 5. The van der Waals surface area contributed by atoms with Crippen LogP contribution in [0.1, 0.15) is 75.7 Å². The van der Waals surface area contributed by atoms with Crippen molar-refractivity contribution in [3.63, 3.8) is 0 Å². The summed E-state index contributed by atoms with van der Waals surface area (Å²) in [6, 6.07) is 20.9. The van der Waals surface area contributed by atoms with Crippen molar-refractivity contribution in [1.82, 2.24) is 20.0 Å².